The summed E-state index contributed by atoms with van der Waals surface area (Å²) in [6.07, 6.45) is 10.9. The molecule has 1 aliphatic rings. The van der Waals surface area contributed by atoms with Gasteiger partial charge in [0.1, 0.15) is 0 Å². The zero-order chi connectivity index (χ0) is 12.8. The van der Waals surface area contributed by atoms with Crippen molar-refractivity contribution in [1.82, 2.24) is 0 Å². The Bertz CT molecular complexity index is 424. The summed E-state index contributed by atoms with van der Waals surface area (Å²) < 4.78 is 5.45. The first-order valence-corrected chi connectivity index (χ1v) is 6.53. The molecule has 0 saturated heterocycles. The van der Waals surface area contributed by atoms with Crippen molar-refractivity contribution < 1.29 is 9.53 Å². The van der Waals surface area contributed by atoms with Crippen molar-refractivity contribution in [1.29, 1.82) is 0 Å². The molecule has 0 heterocycles. The van der Waals surface area contributed by atoms with E-state index >= 15 is 0 Å². The lowest BCUT2D eigenvalue weighted by atomic mass is 9.85. The highest BCUT2D eigenvalue weighted by atomic mass is 16.5. The van der Waals surface area contributed by atoms with Crippen LogP contribution in [0.3, 0.4) is 0 Å². The van der Waals surface area contributed by atoms with Gasteiger partial charge in [-0.15, -0.1) is 6.42 Å². The lowest BCUT2D eigenvalue weighted by Gasteiger charge is -2.26. The van der Waals surface area contributed by atoms with Gasteiger partial charge in [-0.05, 0) is 25.0 Å². The number of esters is 1. The number of carbonyl (C=O) groups excluding carboxylic acids is 1. The van der Waals surface area contributed by atoms with Crippen LogP contribution in [0.5, 0.6) is 0 Å². The predicted octanol–water partition coefficient (Wildman–Crippen LogP) is 3.43. The molecule has 2 heteroatoms. The molecule has 0 unspecified atom stereocenters. The number of hydrogen-bond acceptors (Lipinski definition) is 2. The highest BCUT2D eigenvalue weighted by Gasteiger charge is 2.25. The molecule has 0 radical (unpaired) electrons. The molecule has 94 valence electrons. The Balaban J connectivity index is 1.98. The van der Waals surface area contributed by atoms with E-state index in [2.05, 4.69) is 5.92 Å². The van der Waals surface area contributed by atoms with Crippen molar-refractivity contribution in [2.24, 2.45) is 5.92 Å². The summed E-state index contributed by atoms with van der Waals surface area (Å²) in [6.45, 7) is 0. The van der Waals surface area contributed by atoms with E-state index < -0.39 is 0 Å². The molecule has 1 aliphatic carbocycles. The second kappa shape index (κ2) is 6.26. The van der Waals surface area contributed by atoms with Crippen LogP contribution in [-0.4, -0.2) is 12.1 Å². The molecule has 18 heavy (non-hydrogen) atoms. The Hall–Kier alpha value is -1.75. The topological polar surface area (TPSA) is 26.3 Å². The number of carbonyl (C=O) groups is 1. The van der Waals surface area contributed by atoms with Gasteiger partial charge in [-0.3, -0.25) is 0 Å². The molecule has 0 aliphatic heterocycles. The third-order valence-corrected chi connectivity index (χ3v) is 3.49. The van der Waals surface area contributed by atoms with Crippen molar-refractivity contribution in [2.45, 2.75) is 38.2 Å². The van der Waals surface area contributed by atoms with Crippen LogP contribution in [0, 0.1) is 18.3 Å². The molecule has 1 saturated carbocycles. The van der Waals surface area contributed by atoms with Crippen molar-refractivity contribution in [3.05, 3.63) is 35.9 Å². The highest BCUT2D eigenvalue weighted by Crippen LogP contribution is 2.28. The molecule has 1 aromatic rings. The fourth-order valence-electron chi connectivity index (χ4n) is 2.46. The van der Waals surface area contributed by atoms with Gasteiger partial charge in [0, 0.05) is 5.92 Å². The van der Waals surface area contributed by atoms with Crippen LogP contribution < -0.4 is 0 Å². The van der Waals surface area contributed by atoms with E-state index in [9.17, 15) is 4.79 Å². The van der Waals surface area contributed by atoms with Crippen molar-refractivity contribution in [3.8, 4) is 12.3 Å². The monoisotopic (exact) mass is 242 g/mol. The van der Waals surface area contributed by atoms with Crippen molar-refractivity contribution in [3.63, 3.8) is 0 Å². The summed E-state index contributed by atoms with van der Waals surface area (Å²) in [7, 11) is 0. The molecule has 0 spiro atoms. The van der Waals surface area contributed by atoms with Crippen LogP contribution in [0.2, 0.25) is 0 Å². The van der Waals surface area contributed by atoms with Gasteiger partial charge < -0.3 is 4.74 Å². The second-order valence-corrected chi connectivity index (χ2v) is 4.76. The lowest BCUT2D eigenvalue weighted by molar-refractivity contribution is 0.0252. The maximum atomic E-state index is 11.9. The van der Waals surface area contributed by atoms with Crippen LogP contribution in [0.4, 0.5) is 0 Å². The molecule has 2 rings (SSSR count). The van der Waals surface area contributed by atoms with Gasteiger partial charge in [-0.2, -0.15) is 0 Å². The van der Waals surface area contributed by atoms with E-state index in [4.69, 9.17) is 11.2 Å². The molecule has 2 nitrogen and oxygen atoms in total. The lowest BCUT2D eigenvalue weighted by Crippen LogP contribution is -2.27. The van der Waals surface area contributed by atoms with Crippen LogP contribution in [-0.2, 0) is 4.74 Å². The molecule has 0 N–H and O–H groups in total. The smallest absolute Gasteiger partial charge is 0.339 e. The molecule has 1 fully saturated rings. The zero-order valence-electron chi connectivity index (χ0n) is 10.5. The predicted molar refractivity (Wildman–Crippen MR) is 71.1 cm³/mol. The minimum absolute atomic E-state index is 0.316. The zero-order valence-corrected chi connectivity index (χ0v) is 10.5. The maximum Gasteiger partial charge on any atom is 0.339 e. The standard InChI is InChI=1S/C16H18O2/c1-2-15(13-9-5-3-6-10-13)18-16(17)14-11-7-4-8-12-14/h1,4,7-8,11-13,15H,3,5-6,9-10H2/t15-/m1/s1. The van der Waals surface area contributed by atoms with Crippen LogP contribution in [0.1, 0.15) is 42.5 Å². The maximum absolute atomic E-state index is 11.9. The quantitative estimate of drug-likeness (QED) is 0.599. The van der Waals surface area contributed by atoms with E-state index in [-0.39, 0.29) is 12.1 Å². The van der Waals surface area contributed by atoms with Gasteiger partial charge in [0.2, 0.25) is 0 Å². The molecule has 1 atom stereocenters. The van der Waals surface area contributed by atoms with Crippen LogP contribution >= 0.6 is 0 Å². The SMILES string of the molecule is C#C[C@@H](OC(=O)c1ccccc1)C1CCCCC1. The number of rotatable bonds is 3. The largest absolute Gasteiger partial charge is 0.445 e. The Labute approximate surface area is 108 Å². The van der Waals surface area contributed by atoms with Gasteiger partial charge >= 0.3 is 5.97 Å². The third-order valence-electron chi connectivity index (χ3n) is 3.49. The van der Waals surface area contributed by atoms with Crippen molar-refractivity contribution >= 4 is 5.97 Å². The molecule has 0 amide bonds. The number of hydrogen-bond donors (Lipinski definition) is 0. The third kappa shape index (κ3) is 3.13. The highest BCUT2D eigenvalue weighted by molar-refractivity contribution is 5.89. The number of ether oxygens (including phenoxy) is 1. The van der Waals surface area contributed by atoms with Gasteiger partial charge in [0.25, 0.3) is 0 Å². The average Bonchev–Trinajstić information content (AvgIpc) is 2.46. The van der Waals surface area contributed by atoms with Gasteiger partial charge in [0.15, 0.2) is 6.10 Å². The molecule has 1 aromatic carbocycles. The summed E-state index contributed by atoms with van der Waals surface area (Å²) in [6, 6.07) is 9.01. The molecular formula is C16H18O2. The van der Waals surface area contributed by atoms with Gasteiger partial charge in [-0.25, -0.2) is 4.79 Å². The minimum atomic E-state index is -0.377. The van der Waals surface area contributed by atoms with E-state index in [0.29, 0.717) is 11.5 Å². The first-order chi connectivity index (χ1) is 8.81. The summed E-state index contributed by atoms with van der Waals surface area (Å²) in [5.74, 6) is 2.64. The van der Waals surface area contributed by atoms with E-state index in [0.717, 1.165) is 12.8 Å². The Morgan fingerprint density at radius 2 is 1.89 bits per heavy atom. The van der Waals surface area contributed by atoms with Crippen LogP contribution in [0.25, 0.3) is 0 Å². The number of benzene rings is 1. The summed E-state index contributed by atoms with van der Waals surface area (Å²) >= 11 is 0. The first-order valence-electron chi connectivity index (χ1n) is 6.53. The summed E-state index contributed by atoms with van der Waals surface area (Å²) in [5, 5.41) is 0. The Morgan fingerprint density at radius 3 is 2.50 bits per heavy atom. The molecule has 0 aromatic heterocycles. The van der Waals surface area contributed by atoms with E-state index in [1.54, 1.807) is 12.1 Å². The fourth-order valence-corrected chi connectivity index (χ4v) is 2.46. The van der Waals surface area contributed by atoms with Gasteiger partial charge in [0.05, 0.1) is 5.56 Å². The minimum Gasteiger partial charge on any atom is -0.445 e. The van der Waals surface area contributed by atoms with Crippen LogP contribution in [0.15, 0.2) is 30.3 Å². The van der Waals surface area contributed by atoms with Gasteiger partial charge in [-0.1, -0.05) is 43.4 Å². The molecular weight excluding hydrogens is 224 g/mol. The second-order valence-electron chi connectivity index (χ2n) is 4.76. The number of terminal acetylenes is 1. The normalized spacial score (nSPS) is 17.7. The van der Waals surface area contributed by atoms with E-state index in [1.165, 1.54) is 19.3 Å². The van der Waals surface area contributed by atoms with E-state index in [1.807, 2.05) is 18.2 Å². The fraction of sp³-hybridized carbons (Fsp3) is 0.438. The average molecular weight is 242 g/mol. The Kier molecular flexibility index (Phi) is 4.41. The summed E-state index contributed by atoms with van der Waals surface area (Å²) in [4.78, 5) is 11.9. The van der Waals surface area contributed by atoms with Crippen molar-refractivity contribution in [2.75, 3.05) is 0 Å². The Morgan fingerprint density at radius 1 is 1.22 bits per heavy atom. The molecule has 0 bridgehead atoms. The first kappa shape index (κ1) is 12.7. The summed E-state index contributed by atoms with van der Waals surface area (Å²) in [5.41, 5.74) is 0.563.